The van der Waals surface area contributed by atoms with Gasteiger partial charge in [0.15, 0.2) is 0 Å². The second kappa shape index (κ2) is 5.25. The molecule has 1 amide bonds. The van der Waals surface area contributed by atoms with Crippen LogP contribution in [0.3, 0.4) is 0 Å². The standard InChI is InChI=1S/C13H15F2NO/c14-12(15)10-6-8-16(9-7-10)13(17)11-4-2-1-3-5-11/h1-5,10,12H,6-9H2. The van der Waals surface area contributed by atoms with Gasteiger partial charge in [-0.05, 0) is 25.0 Å². The first-order valence-electron chi connectivity index (χ1n) is 5.81. The zero-order chi connectivity index (χ0) is 12.3. The number of likely N-dealkylation sites (tertiary alicyclic amines) is 1. The number of carbonyl (C=O) groups is 1. The van der Waals surface area contributed by atoms with E-state index in [1.165, 1.54) is 0 Å². The molecule has 0 spiro atoms. The number of piperidine rings is 1. The van der Waals surface area contributed by atoms with Gasteiger partial charge in [-0.2, -0.15) is 0 Å². The molecule has 1 aromatic carbocycles. The quantitative estimate of drug-likeness (QED) is 0.777. The van der Waals surface area contributed by atoms with Gasteiger partial charge in [-0.1, -0.05) is 18.2 Å². The van der Waals surface area contributed by atoms with Crippen LogP contribution >= 0.6 is 0 Å². The fourth-order valence-electron chi connectivity index (χ4n) is 2.12. The molecule has 1 saturated heterocycles. The Morgan fingerprint density at radius 1 is 1.18 bits per heavy atom. The number of carbonyl (C=O) groups excluding carboxylic acids is 1. The topological polar surface area (TPSA) is 20.3 Å². The number of benzene rings is 1. The van der Waals surface area contributed by atoms with Crippen LogP contribution in [-0.2, 0) is 0 Å². The molecule has 1 heterocycles. The molecule has 0 saturated carbocycles. The predicted molar refractivity (Wildman–Crippen MR) is 61.1 cm³/mol. The monoisotopic (exact) mass is 239 g/mol. The smallest absolute Gasteiger partial charge is 0.253 e. The Bertz CT molecular complexity index is 372. The molecule has 0 unspecified atom stereocenters. The molecule has 1 aliphatic rings. The van der Waals surface area contributed by atoms with Crippen LogP contribution in [0.5, 0.6) is 0 Å². The molecule has 1 aromatic rings. The van der Waals surface area contributed by atoms with Crippen molar-refractivity contribution < 1.29 is 13.6 Å². The largest absolute Gasteiger partial charge is 0.339 e. The van der Waals surface area contributed by atoms with Gasteiger partial charge in [-0.3, -0.25) is 4.79 Å². The molecule has 2 nitrogen and oxygen atoms in total. The number of nitrogens with zero attached hydrogens (tertiary/aromatic N) is 1. The highest BCUT2D eigenvalue weighted by molar-refractivity contribution is 5.94. The van der Waals surface area contributed by atoms with Gasteiger partial charge >= 0.3 is 0 Å². The second-order valence-electron chi connectivity index (χ2n) is 4.33. The number of rotatable bonds is 2. The summed E-state index contributed by atoms with van der Waals surface area (Å²) in [6.07, 6.45) is -1.46. The van der Waals surface area contributed by atoms with Crippen molar-refractivity contribution in [3.05, 3.63) is 35.9 Å². The summed E-state index contributed by atoms with van der Waals surface area (Å²) in [4.78, 5) is 13.7. The lowest BCUT2D eigenvalue weighted by Crippen LogP contribution is -2.39. The number of alkyl halides is 2. The minimum absolute atomic E-state index is 0.0571. The van der Waals surface area contributed by atoms with Crippen molar-refractivity contribution in [2.45, 2.75) is 19.3 Å². The van der Waals surface area contributed by atoms with Crippen molar-refractivity contribution >= 4 is 5.91 Å². The summed E-state index contributed by atoms with van der Waals surface area (Å²) in [6, 6.07) is 8.96. The average molecular weight is 239 g/mol. The Hall–Kier alpha value is -1.45. The van der Waals surface area contributed by atoms with Gasteiger partial charge < -0.3 is 4.90 Å². The molecule has 0 aliphatic carbocycles. The van der Waals surface area contributed by atoms with Gasteiger partial charge in [-0.15, -0.1) is 0 Å². The van der Waals surface area contributed by atoms with E-state index in [0.29, 0.717) is 31.5 Å². The lowest BCUT2D eigenvalue weighted by molar-refractivity contribution is 0.0311. The van der Waals surface area contributed by atoms with Crippen molar-refractivity contribution in [1.29, 1.82) is 0 Å². The molecule has 0 aromatic heterocycles. The third-order valence-electron chi connectivity index (χ3n) is 3.20. The highest BCUT2D eigenvalue weighted by Crippen LogP contribution is 2.24. The summed E-state index contributed by atoms with van der Waals surface area (Å²) in [5, 5.41) is 0. The molecule has 0 bridgehead atoms. The third kappa shape index (κ3) is 2.81. The van der Waals surface area contributed by atoms with Crippen LogP contribution in [0.1, 0.15) is 23.2 Å². The van der Waals surface area contributed by atoms with Crippen LogP contribution < -0.4 is 0 Å². The van der Waals surface area contributed by atoms with Gasteiger partial charge in [0.2, 0.25) is 6.43 Å². The van der Waals surface area contributed by atoms with E-state index >= 15 is 0 Å². The maximum absolute atomic E-state index is 12.5. The highest BCUT2D eigenvalue weighted by Gasteiger charge is 2.28. The van der Waals surface area contributed by atoms with Crippen LogP contribution in [0, 0.1) is 5.92 Å². The van der Waals surface area contributed by atoms with E-state index in [4.69, 9.17) is 0 Å². The van der Waals surface area contributed by atoms with Gasteiger partial charge in [0.05, 0.1) is 0 Å². The Morgan fingerprint density at radius 2 is 1.76 bits per heavy atom. The fraction of sp³-hybridized carbons (Fsp3) is 0.462. The van der Waals surface area contributed by atoms with Crippen molar-refractivity contribution in [2.75, 3.05) is 13.1 Å². The first-order valence-corrected chi connectivity index (χ1v) is 5.81. The van der Waals surface area contributed by atoms with E-state index < -0.39 is 12.3 Å². The molecule has 1 aliphatic heterocycles. The minimum atomic E-state index is -2.26. The molecular formula is C13H15F2NO. The maximum atomic E-state index is 12.5. The summed E-state index contributed by atoms with van der Waals surface area (Å²) in [5.41, 5.74) is 0.628. The van der Waals surface area contributed by atoms with E-state index in [1.807, 2.05) is 6.07 Å². The molecule has 0 atom stereocenters. The Balaban J connectivity index is 1.95. The zero-order valence-electron chi connectivity index (χ0n) is 9.48. The van der Waals surface area contributed by atoms with E-state index in [-0.39, 0.29) is 5.91 Å². The van der Waals surface area contributed by atoms with E-state index in [0.717, 1.165) is 0 Å². The number of halogens is 2. The Morgan fingerprint density at radius 3 is 2.29 bits per heavy atom. The van der Waals surface area contributed by atoms with E-state index in [1.54, 1.807) is 29.2 Å². The summed E-state index contributed by atoms with van der Waals surface area (Å²) in [7, 11) is 0. The Labute approximate surface area is 99.2 Å². The van der Waals surface area contributed by atoms with Gasteiger partial charge in [0.25, 0.3) is 5.91 Å². The van der Waals surface area contributed by atoms with Gasteiger partial charge in [0.1, 0.15) is 0 Å². The fourth-order valence-corrected chi connectivity index (χ4v) is 2.12. The zero-order valence-corrected chi connectivity index (χ0v) is 9.48. The Kier molecular flexibility index (Phi) is 3.71. The molecular weight excluding hydrogens is 224 g/mol. The molecule has 2 rings (SSSR count). The highest BCUT2D eigenvalue weighted by atomic mass is 19.3. The summed E-state index contributed by atoms with van der Waals surface area (Å²) in [5.74, 6) is -0.604. The SMILES string of the molecule is O=C(c1ccccc1)N1CCC(C(F)F)CC1. The van der Waals surface area contributed by atoms with Crippen LogP contribution in [0.25, 0.3) is 0 Å². The summed E-state index contributed by atoms with van der Waals surface area (Å²) < 4.78 is 24.9. The maximum Gasteiger partial charge on any atom is 0.253 e. The van der Waals surface area contributed by atoms with Crippen molar-refractivity contribution in [3.63, 3.8) is 0 Å². The number of hydrogen-bond donors (Lipinski definition) is 0. The lowest BCUT2D eigenvalue weighted by Gasteiger charge is -2.31. The van der Waals surface area contributed by atoms with Crippen LogP contribution in [0.15, 0.2) is 30.3 Å². The number of amides is 1. The molecule has 4 heteroatoms. The molecule has 92 valence electrons. The average Bonchev–Trinajstić information content (AvgIpc) is 2.39. The minimum Gasteiger partial charge on any atom is -0.339 e. The first-order chi connectivity index (χ1) is 8.18. The predicted octanol–water partition coefficient (Wildman–Crippen LogP) is 2.80. The number of hydrogen-bond acceptors (Lipinski definition) is 1. The van der Waals surface area contributed by atoms with Crippen molar-refractivity contribution in [1.82, 2.24) is 4.90 Å². The first kappa shape index (κ1) is 12.0. The third-order valence-corrected chi connectivity index (χ3v) is 3.20. The van der Waals surface area contributed by atoms with Crippen molar-refractivity contribution in [3.8, 4) is 0 Å². The molecule has 0 N–H and O–H groups in total. The second-order valence-corrected chi connectivity index (χ2v) is 4.33. The van der Waals surface area contributed by atoms with Crippen LogP contribution in [-0.4, -0.2) is 30.3 Å². The summed E-state index contributed by atoms with van der Waals surface area (Å²) in [6.45, 7) is 0.867. The van der Waals surface area contributed by atoms with Crippen molar-refractivity contribution in [2.24, 2.45) is 5.92 Å². The van der Waals surface area contributed by atoms with Crippen LogP contribution in [0.4, 0.5) is 8.78 Å². The normalized spacial score (nSPS) is 17.5. The van der Waals surface area contributed by atoms with Gasteiger partial charge in [-0.25, -0.2) is 8.78 Å². The lowest BCUT2D eigenvalue weighted by atomic mass is 9.97. The molecule has 17 heavy (non-hydrogen) atoms. The summed E-state index contributed by atoms with van der Waals surface area (Å²) >= 11 is 0. The van der Waals surface area contributed by atoms with Gasteiger partial charge in [0, 0.05) is 24.6 Å². The van der Waals surface area contributed by atoms with Crippen LogP contribution in [0.2, 0.25) is 0 Å². The molecule has 1 fully saturated rings. The van der Waals surface area contributed by atoms with E-state index in [9.17, 15) is 13.6 Å². The molecule has 0 radical (unpaired) electrons. The van der Waals surface area contributed by atoms with E-state index in [2.05, 4.69) is 0 Å².